The van der Waals surface area contributed by atoms with Gasteiger partial charge < -0.3 is 92.6 Å². The van der Waals surface area contributed by atoms with Gasteiger partial charge in [-0.1, -0.05) is 101 Å². The number of aromatic nitrogens is 2. The molecule has 2 aliphatic carbocycles. The number of nitrogen functional groups attached to an aromatic ring is 1. The molecule has 0 bridgehead atoms. The van der Waals surface area contributed by atoms with E-state index in [-0.39, 0.29) is 117 Å². The molecule has 1 saturated heterocycles. The summed E-state index contributed by atoms with van der Waals surface area (Å²) in [4.78, 5) is 201. The first-order chi connectivity index (χ1) is 57.2. The third kappa shape index (κ3) is 31.6. The Kier molecular flexibility index (Phi) is 38.2. The number of hydrogen-bond acceptors (Lipinski definition) is 25. The Morgan fingerprint density at radius 2 is 1.42 bits per heavy atom. The number of aliphatic hydroxyl groups excluding tert-OH is 1. The largest absolute Gasteiger partial charge is 0.490 e. The summed E-state index contributed by atoms with van der Waals surface area (Å²) in [7, 11) is -12.7. The van der Waals surface area contributed by atoms with Crippen molar-refractivity contribution in [2.75, 3.05) is 70.2 Å². The number of nitrogens with one attached hydrogen (secondary N) is 7. The molecule has 658 valence electrons. The molecule has 0 spiro atoms. The normalized spacial score (nSPS) is 18.1. The molecule has 0 radical (unpaired) electrons. The highest BCUT2D eigenvalue weighted by molar-refractivity contribution is 8.76. The number of hydrogen-bond donors (Lipinski definition) is 16. The van der Waals surface area contributed by atoms with Gasteiger partial charge in [0.1, 0.15) is 36.3 Å². The number of unbranched alkanes of at least 4 members (excludes halogenated alkanes) is 2. The minimum Gasteiger partial charge on any atom is -0.481 e. The number of allylic oxidation sites excluding steroid dienone is 4. The van der Waals surface area contributed by atoms with Crippen molar-refractivity contribution in [2.24, 2.45) is 10.9 Å². The van der Waals surface area contributed by atoms with Crippen LogP contribution in [0, 0.1) is 24.7 Å². The number of nitrogens with two attached hydrogens (primary N) is 1. The number of amides is 8. The number of aliphatic carboxylic acids is 3. The lowest BCUT2D eigenvalue weighted by molar-refractivity contribution is -0.148. The van der Waals surface area contributed by atoms with Crippen LogP contribution in [-0.2, 0) is 82.8 Å². The number of nitrogens with zero attached hydrogens (tertiary/aromatic N) is 4. The molecule has 10 atom stereocenters. The van der Waals surface area contributed by atoms with Gasteiger partial charge in [0.25, 0.3) is 17.7 Å². The van der Waals surface area contributed by atoms with Crippen LogP contribution in [0.25, 0.3) is 0 Å². The Hall–Kier alpha value is -9.75. The highest BCUT2D eigenvalue weighted by Crippen LogP contribution is 2.66. The molecular formula is C77H101N12O27P3S2. The molecule has 4 aromatic rings. The van der Waals surface area contributed by atoms with Gasteiger partial charge in [0.15, 0.2) is 0 Å². The second kappa shape index (κ2) is 47.0. The number of phosphoric acid groups is 3. The van der Waals surface area contributed by atoms with Gasteiger partial charge in [-0.05, 0) is 129 Å². The predicted octanol–water partition coefficient (Wildman–Crippen LogP) is 4.63. The molecule has 0 saturated carbocycles. The fraction of sp³-hybridized carbons (Fsp3) is 0.481. The van der Waals surface area contributed by atoms with E-state index >= 15 is 0 Å². The minimum absolute atomic E-state index is 0.0154. The second-order valence-corrected chi connectivity index (χ2v) is 35.6. The maximum absolute atomic E-state index is 14.5. The number of aliphatic hydroxyl groups is 1. The lowest BCUT2D eigenvalue weighted by Gasteiger charge is -2.38. The molecule has 8 unspecified atom stereocenters. The topological polar surface area (TPSA) is 598 Å². The number of carboxylic acid groups (broad SMARTS) is 3. The Bertz CT molecular complexity index is 4860. The average molecular weight is 1780 g/mol. The van der Waals surface area contributed by atoms with Gasteiger partial charge in [-0.3, -0.25) is 62.0 Å². The smallest absolute Gasteiger partial charge is 0.481 e. The maximum Gasteiger partial charge on any atom is 0.490 e. The fourth-order valence-corrected chi connectivity index (χ4v) is 18.5. The molecule has 39 nitrogen and oxygen atoms in total. The lowest BCUT2D eigenvalue weighted by atomic mass is 9.65. The summed E-state index contributed by atoms with van der Waals surface area (Å²) in [6.07, 6.45) is 3.36. The first kappa shape index (κ1) is 98.4. The Balaban J connectivity index is 0.882. The molecule has 7 rings (SSSR count). The standard InChI is InChI=1S/C77H101N12O27P3S2/c1-6-17-47-36-51-38-52-39-58(79-7-2)46(4)35-56(52)69(55(51)34-45(47)3)53-21-10-11-22-54(53)75(102)88(5)31-15-25-63(91)81-29-30-83-71(98)48-18-13-19-49(37-48)72(99)85-57(73(100)82-27-12-8-9-24-65(93)84-59(40-67(94)95)74(101)86-60(76(103)104)41-68(96)97)23-16-32-120-121-33-26-64(92)80-28-14-20-50-43-89(77(105)87-70(50)78)66-42-61(90)62(114-66)44-113-118(109,110)116-119(111,112)115-117(106,107)108/h10-11,13,18-19,21-22,34-37,39,43,56-57,59-62,66,69,90H,6-9,12,15-17,23-33,38,40-42,44H2,1-5H3,(H,80,92)(H,81,91)(H,82,100)(H,83,98)(H,84,93)(H,85,99)(H,86,101)(H,94,95)(H,96,97)(H,103,104)(H,109,110)(H,111,112)(H2,78,87,105)(H2,106,107,108)/t56?,57?,59?,60?,61?,62-,66-,69?/m1/s1. The average Bonchev–Trinajstić information content (AvgIpc) is 1.29. The molecule has 1 fully saturated rings. The molecule has 1 aromatic heterocycles. The van der Waals surface area contributed by atoms with Crippen LogP contribution in [0.3, 0.4) is 0 Å². The van der Waals surface area contributed by atoms with Crippen molar-refractivity contribution in [1.82, 2.24) is 51.7 Å². The molecule has 8 amide bonds. The summed E-state index contributed by atoms with van der Waals surface area (Å²) in [5, 5.41) is 56.1. The van der Waals surface area contributed by atoms with Crippen LogP contribution in [0.4, 0.5) is 5.82 Å². The van der Waals surface area contributed by atoms with Crippen molar-refractivity contribution in [3.05, 3.63) is 151 Å². The van der Waals surface area contributed by atoms with Crippen LogP contribution in [0.15, 0.2) is 99.9 Å². The molecule has 1 aliphatic heterocycles. The first-order valence-electron chi connectivity index (χ1n) is 38.7. The van der Waals surface area contributed by atoms with E-state index in [1.165, 1.54) is 73.7 Å². The van der Waals surface area contributed by atoms with E-state index in [0.717, 1.165) is 46.9 Å². The van der Waals surface area contributed by atoms with E-state index in [1.807, 2.05) is 36.5 Å². The van der Waals surface area contributed by atoms with E-state index in [4.69, 9.17) is 30.4 Å². The number of aliphatic imine (C=N–C) groups is 1. The SMILES string of the molecule is CCCc1cc2c(cc1C)C(c1ccccc1C(=O)N(C)CCCC(=O)NCCNC(=O)c1cccc(C(=O)NC(CCCSSCCC(=O)NCC#Cc3cn([C@H]4CC(O)[C@@H](COP(=O)(O)OP(=O)(O)OP(=O)(O)O)O4)c(=O)nc3N)C(=O)NCCCCCC(=O)NC(CC(=O)O)C(=O)NC(CC(=O)O)C(=O)O)c1)C1C=C(C)C(=NCC)C=C1C2. The summed E-state index contributed by atoms with van der Waals surface area (Å²) in [5.74, 6) is -3.84. The zero-order valence-electron chi connectivity index (χ0n) is 67.0. The Morgan fingerprint density at radius 1 is 0.736 bits per heavy atom. The maximum atomic E-state index is 14.5. The molecular weight excluding hydrogens is 1680 g/mol. The number of fused-ring (bicyclic) bond motifs is 2. The molecule has 44 heteroatoms. The number of carbonyl (C=O) groups is 11. The number of aryl methyl sites for hydroxylation is 2. The third-order valence-corrected chi connectivity index (χ3v) is 25.5. The van der Waals surface area contributed by atoms with Crippen LogP contribution in [0.5, 0.6) is 0 Å². The van der Waals surface area contributed by atoms with Gasteiger partial charge >= 0.3 is 47.1 Å². The van der Waals surface area contributed by atoms with Gasteiger partial charge in [-0.15, -0.1) is 0 Å². The monoisotopic (exact) mass is 1780 g/mol. The Labute approximate surface area is 704 Å². The summed E-state index contributed by atoms with van der Waals surface area (Å²) in [5.41, 5.74) is 14.9. The van der Waals surface area contributed by atoms with E-state index in [0.29, 0.717) is 49.3 Å². The third-order valence-electron chi connectivity index (χ3n) is 19.2. The zero-order valence-corrected chi connectivity index (χ0v) is 71.3. The van der Waals surface area contributed by atoms with Gasteiger partial charge in [0.05, 0.1) is 43.4 Å². The van der Waals surface area contributed by atoms with Crippen LogP contribution >= 0.6 is 45.1 Å². The predicted molar refractivity (Wildman–Crippen MR) is 443 cm³/mol. The van der Waals surface area contributed by atoms with Crippen LogP contribution in [-0.4, -0.2) is 220 Å². The van der Waals surface area contributed by atoms with E-state index in [9.17, 15) is 96.3 Å². The summed E-state index contributed by atoms with van der Waals surface area (Å²) in [6.45, 7) is 8.31. The quantitative estimate of drug-likeness (QED) is 0.0124. The van der Waals surface area contributed by atoms with Crippen LogP contribution < -0.4 is 48.6 Å². The lowest BCUT2D eigenvalue weighted by Crippen LogP contribution is -2.52. The van der Waals surface area contributed by atoms with E-state index in [2.05, 4.69) is 107 Å². The van der Waals surface area contributed by atoms with Crippen molar-refractivity contribution < 1.29 is 124 Å². The minimum atomic E-state index is -5.84. The summed E-state index contributed by atoms with van der Waals surface area (Å²) < 4.78 is 53.2. The molecule has 3 aliphatic rings. The van der Waals surface area contributed by atoms with Crippen molar-refractivity contribution in [3.8, 4) is 11.8 Å². The van der Waals surface area contributed by atoms with Crippen molar-refractivity contribution >= 4 is 122 Å². The van der Waals surface area contributed by atoms with Crippen molar-refractivity contribution in [3.63, 3.8) is 0 Å². The number of carbonyl (C=O) groups excluding carboxylic acids is 8. The summed E-state index contributed by atoms with van der Waals surface area (Å²) in [6, 6.07) is 13.4. The van der Waals surface area contributed by atoms with Crippen molar-refractivity contribution in [1.29, 1.82) is 0 Å². The van der Waals surface area contributed by atoms with Gasteiger partial charge in [0.2, 0.25) is 29.5 Å². The highest BCUT2D eigenvalue weighted by Gasteiger charge is 2.44. The van der Waals surface area contributed by atoms with Gasteiger partial charge in [-0.2, -0.15) is 13.6 Å². The van der Waals surface area contributed by atoms with Crippen LogP contribution in [0.2, 0.25) is 0 Å². The van der Waals surface area contributed by atoms with Crippen molar-refractivity contribution in [2.45, 2.75) is 166 Å². The van der Waals surface area contributed by atoms with E-state index in [1.54, 1.807) is 11.9 Å². The zero-order chi connectivity index (χ0) is 88.9. The van der Waals surface area contributed by atoms with Gasteiger partial charge in [-0.25, -0.2) is 23.3 Å². The van der Waals surface area contributed by atoms with Crippen LogP contribution in [0.1, 0.15) is 181 Å². The number of rotatable bonds is 47. The highest BCUT2D eigenvalue weighted by atomic mass is 33.1. The summed E-state index contributed by atoms with van der Waals surface area (Å²) >= 11 is 0. The number of benzene rings is 3. The number of phosphoric ester groups is 1. The Morgan fingerprint density at radius 3 is 2.12 bits per heavy atom. The first-order valence-corrected chi connectivity index (χ1v) is 45.7. The van der Waals surface area contributed by atoms with Gasteiger partial charge in [0, 0.05) is 112 Å². The molecule has 3 aromatic carbocycles. The van der Waals surface area contributed by atoms with E-state index < -0.39 is 139 Å². The number of ether oxygens (including phenoxy) is 1. The second-order valence-electron chi connectivity index (χ2n) is 28.4. The number of anilines is 1. The molecule has 2 heterocycles. The number of carboxylic acids is 3. The fourth-order valence-electron chi connectivity index (χ4n) is 13.4. The molecule has 121 heavy (non-hydrogen) atoms. The molecule has 17 N–H and O–H groups in total.